The van der Waals surface area contributed by atoms with Crippen molar-refractivity contribution < 1.29 is 19.1 Å². The Morgan fingerprint density at radius 3 is 1.90 bits per heavy atom. The Morgan fingerprint density at radius 2 is 1.52 bits per heavy atom. The van der Waals surface area contributed by atoms with Crippen molar-refractivity contribution in [3.05, 3.63) is 0 Å². The number of ether oxygens (including phenoxy) is 2. The van der Waals surface area contributed by atoms with Crippen LogP contribution in [0.25, 0.3) is 0 Å². The Labute approximate surface area is 127 Å². The lowest BCUT2D eigenvalue weighted by molar-refractivity contribution is 0.0107. The molecular weight excluding hydrogens is 274 g/mol. The molecule has 0 aromatic carbocycles. The molecule has 124 valence electrons. The second kappa shape index (κ2) is 7.49. The van der Waals surface area contributed by atoms with E-state index >= 15 is 0 Å². The monoisotopic (exact) mass is 303 g/mol. The lowest BCUT2D eigenvalue weighted by atomic mass is 10.2. The Bertz CT molecular complexity index is 358. The summed E-state index contributed by atoms with van der Waals surface area (Å²) in [6.45, 7) is 13.1. The van der Waals surface area contributed by atoms with Crippen LogP contribution in [0.2, 0.25) is 0 Å². The molecule has 0 aromatic heterocycles. The van der Waals surface area contributed by atoms with Crippen LogP contribution >= 0.6 is 0 Å². The van der Waals surface area contributed by atoms with E-state index in [4.69, 9.17) is 9.47 Å². The maximum absolute atomic E-state index is 12.0. The maximum Gasteiger partial charge on any atom is 0.412 e. The van der Waals surface area contributed by atoms with Gasteiger partial charge >= 0.3 is 12.2 Å². The first-order valence-corrected chi connectivity index (χ1v) is 7.04. The minimum absolute atomic E-state index is 0.537. The second-order valence-corrected chi connectivity index (χ2v) is 6.70. The standard InChI is InChI=1S/C14H29N3O4/c1-9-15-10(16-11(18)20-13(2,3)4)17(8)12(19)21-14(5,6)7/h10,15H,9H2,1-8H3,(H,16,18). The van der Waals surface area contributed by atoms with Crippen LogP contribution in [0.3, 0.4) is 0 Å². The fourth-order valence-corrected chi connectivity index (χ4v) is 1.34. The number of nitrogens with zero attached hydrogens (tertiary/aromatic N) is 1. The van der Waals surface area contributed by atoms with Crippen LogP contribution in [0.1, 0.15) is 48.5 Å². The number of alkyl carbamates (subject to hydrolysis) is 1. The van der Waals surface area contributed by atoms with Gasteiger partial charge in [0.1, 0.15) is 11.2 Å². The topological polar surface area (TPSA) is 79.9 Å². The Morgan fingerprint density at radius 1 is 1.05 bits per heavy atom. The van der Waals surface area contributed by atoms with Crippen LogP contribution in [0, 0.1) is 0 Å². The highest BCUT2D eigenvalue weighted by Gasteiger charge is 2.27. The van der Waals surface area contributed by atoms with Crippen molar-refractivity contribution in [1.82, 2.24) is 15.5 Å². The van der Waals surface area contributed by atoms with Crippen molar-refractivity contribution in [2.45, 2.75) is 66.0 Å². The molecule has 7 heteroatoms. The van der Waals surface area contributed by atoms with E-state index in [2.05, 4.69) is 10.6 Å². The zero-order valence-corrected chi connectivity index (χ0v) is 14.4. The van der Waals surface area contributed by atoms with Gasteiger partial charge in [0, 0.05) is 7.05 Å². The summed E-state index contributed by atoms with van der Waals surface area (Å²) in [4.78, 5) is 25.1. The van der Waals surface area contributed by atoms with Crippen LogP contribution in [0.4, 0.5) is 9.59 Å². The van der Waals surface area contributed by atoms with Gasteiger partial charge in [-0.1, -0.05) is 6.92 Å². The molecule has 1 atom stereocenters. The number of carbonyl (C=O) groups excluding carboxylic acids is 2. The van der Waals surface area contributed by atoms with Crippen molar-refractivity contribution >= 4 is 12.2 Å². The first kappa shape index (κ1) is 19.5. The molecule has 0 aliphatic carbocycles. The lowest BCUT2D eigenvalue weighted by Gasteiger charge is -2.32. The van der Waals surface area contributed by atoms with Crippen molar-refractivity contribution in [3.8, 4) is 0 Å². The third-order valence-corrected chi connectivity index (χ3v) is 2.12. The molecular formula is C14H29N3O4. The fraction of sp³-hybridized carbons (Fsp3) is 0.857. The molecule has 7 nitrogen and oxygen atoms in total. The zero-order chi connectivity index (χ0) is 16.8. The molecule has 0 radical (unpaired) electrons. The number of carbonyl (C=O) groups is 2. The first-order valence-electron chi connectivity index (χ1n) is 7.04. The molecule has 0 spiro atoms. The van der Waals surface area contributed by atoms with E-state index in [0.717, 1.165) is 0 Å². The van der Waals surface area contributed by atoms with Crippen molar-refractivity contribution in [2.24, 2.45) is 0 Å². The molecule has 0 saturated carbocycles. The third-order valence-electron chi connectivity index (χ3n) is 2.12. The highest BCUT2D eigenvalue weighted by Crippen LogP contribution is 2.10. The van der Waals surface area contributed by atoms with Gasteiger partial charge in [0.15, 0.2) is 6.29 Å². The fourth-order valence-electron chi connectivity index (χ4n) is 1.34. The van der Waals surface area contributed by atoms with E-state index in [1.165, 1.54) is 4.90 Å². The maximum atomic E-state index is 12.0. The summed E-state index contributed by atoms with van der Waals surface area (Å²) in [5, 5.41) is 5.57. The largest absolute Gasteiger partial charge is 0.444 e. The Kier molecular flexibility index (Phi) is 6.96. The van der Waals surface area contributed by atoms with Gasteiger partial charge in [-0.25, -0.2) is 9.59 Å². The minimum Gasteiger partial charge on any atom is -0.444 e. The Hall–Kier alpha value is -1.50. The molecule has 0 fully saturated rings. The highest BCUT2D eigenvalue weighted by molar-refractivity contribution is 5.71. The lowest BCUT2D eigenvalue weighted by Crippen LogP contribution is -2.58. The summed E-state index contributed by atoms with van der Waals surface area (Å²) < 4.78 is 10.4. The molecule has 0 aromatic rings. The molecule has 21 heavy (non-hydrogen) atoms. The van der Waals surface area contributed by atoms with Gasteiger partial charge in [-0.2, -0.15) is 0 Å². The molecule has 0 aliphatic heterocycles. The van der Waals surface area contributed by atoms with Gasteiger partial charge < -0.3 is 9.47 Å². The number of rotatable bonds is 4. The molecule has 2 amide bonds. The van der Waals surface area contributed by atoms with Gasteiger partial charge in [-0.3, -0.25) is 15.5 Å². The van der Waals surface area contributed by atoms with Crippen molar-refractivity contribution in [3.63, 3.8) is 0 Å². The summed E-state index contributed by atoms with van der Waals surface area (Å²) >= 11 is 0. The van der Waals surface area contributed by atoms with Gasteiger partial charge in [0.05, 0.1) is 0 Å². The number of hydrogen-bond donors (Lipinski definition) is 2. The first-order chi connectivity index (χ1) is 9.35. The summed E-state index contributed by atoms with van der Waals surface area (Å²) in [6, 6.07) is 0. The van der Waals surface area contributed by atoms with E-state index in [0.29, 0.717) is 6.54 Å². The Balaban J connectivity index is 4.73. The number of amides is 2. The summed E-state index contributed by atoms with van der Waals surface area (Å²) in [7, 11) is 1.54. The van der Waals surface area contributed by atoms with Crippen molar-refractivity contribution in [2.75, 3.05) is 13.6 Å². The van der Waals surface area contributed by atoms with Crippen LogP contribution < -0.4 is 10.6 Å². The van der Waals surface area contributed by atoms with E-state index in [1.807, 2.05) is 6.92 Å². The van der Waals surface area contributed by atoms with Crippen molar-refractivity contribution in [1.29, 1.82) is 0 Å². The summed E-state index contributed by atoms with van der Waals surface area (Å²) in [6.07, 6.45) is -1.85. The molecule has 0 rings (SSSR count). The zero-order valence-electron chi connectivity index (χ0n) is 14.4. The number of hydrogen-bond acceptors (Lipinski definition) is 5. The minimum atomic E-state index is -0.709. The highest BCUT2D eigenvalue weighted by atomic mass is 16.6. The van der Waals surface area contributed by atoms with Gasteiger partial charge in [-0.15, -0.1) is 0 Å². The molecule has 0 aliphatic rings. The van der Waals surface area contributed by atoms with Gasteiger partial charge in [-0.05, 0) is 48.1 Å². The predicted molar refractivity (Wildman–Crippen MR) is 80.8 cm³/mol. The summed E-state index contributed by atoms with van der Waals surface area (Å²) in [5.74, 6) is 0. The normalized spacial score (nSPS) is 13.3. The predicted octanol–water partition coefficient (Wildman–Crippen LogP) is 2.27. The smallest absolute Gasteiger partial charge is 0.412 e. The van der Waals surface area contributed by atoms with E-state index < -0.39 is 29.7 Å². The SMILES string of the molecule is CCNC(NC(=O)OC(C)(C)C)N(C)C(=O)OC(C)(C)C. The van der Waals surface area contributed by atoms with E-state index in [1.54, 1.807) is 48.6 Å². The molecule has 1 unspecified atom stereocenters. The van der Waals surface area contributed by atoms with E-state index in [-0.39, 0.29) is 0 Å². The number of nitrogens with one attached hydrogen (secondary N) is 2. The second-order valence-electron chi connectivity index (χ2n) is 6.70. The molecule has 0 heterocycles. The van der Waals surface area contributed by atoms with Crippen LogP contribution in [0.15, 0.2) is 0 Å². The molecule has 2 N–H and O–H groups in total. The third kappa shape index (κ3) is 9.12. The van der Waals surface area contributed by atoms with Gasteiger partial charge in [0.2, 0.25) is 0 Å². The van der Waals surface area contributed by atoms with Crippen LogP contribution in [-0.4, -0.2) is 48.2 Å². The average Bonchev–Trinajstić information content (AvgIpc) is 2.22. The van der Waals surface area contributed by atoms with Crippen LogP contribution in [-0.2, 0) is 9.47 Å². The average molecular weight is 303 g/mol. The quantitative estimate of drug-likeness (QED) is 0.779. The van der Waals surface area contributed by atoms with Gasteiger partial charge in [0.25, 0.3) is 0 Å². The van der Waals surface area contributed by atoms with Crippen LogP contribution in [0.5, 0.6) is 0 Å². The summed E-state index contributed by atoms with van der Waals surface area (Å²) in [5.41, 5.74) is -1.21. The molecule has 0 bridgehead atoms. The van der Waals surface area contributed by atoms with E-state index in [9.17, 15) is 9.59 Å². The molecule has 0 saturated heterocycles.